The van der Waals surface area contributed by atoms with Crippen LogP contribution in [-0.2, 0) is 20.7 Å². The van der Waals surface area contributed by atoms with Gasteiger partial charge < -0.3 is 19.4 Å². The van der Waals surface area contributed by atoms with Crippen molar-refractivity contribution in [3.05, 3.63) is 11.8 Å². The number of hydrogen-bond donors (Lipinski definition) is 1. The van der Waals surface area contributed by atoms with E-state index in [9.17, 15) is 9.59 Å². The van der Waals surface area contributed by atoms with Gasteiger partial charge in [-0.1, -0.05) is 13.8 Å². The number of nitrogens with one attached hydrogen (secondary N) is 1. The summed E-state index contributed by atoms with van der Waals surface area (Å²) in [5, 5.41) is 10.9. The smallest absolute Gasteiger partial charge is 0.246 e. The summed E-state index contributed by atoms with van der Waals surface area (Å²) in [5.41, 5.74) is 0. The summed E-state index contributed by atoms with van der Waals surface area (Å²) in [6.07, 6.45) is 2.27. The first kappa shape index (κ1) is 16.9. The van der Waals surface area contributed by atoms with Crippen molar-refractivity contribution in [3.8, 4) is 0 Å². The minimum Gasteiger partial charge on any atom is -0.425 e. The minimum atomic E-state index is -0.0756. The van der Waals surface area contributed by atoms with Crippen molar-refractivity contribution in [2.24, 2.45) is 0 Å². The molecule has 0 radical (unpaired) electrons. The van der Waals surface area contributed by atoms with Crippen LogP contribution in [0.5, 0.6) is 0 Å². The van der Waals surface area contributed by atoms with Crippen LogP contribution in [-0.4, -0.2) is 58.8 Å². The number of ether oxygens (including phenoxy) is 1. The topological polar surface area (TPSA) is 97.6 Å². The van der Waals surface area contributed by atoms with Crippen molar-refractivity contribution >= 4 is 11.8 Å². The number of carbonyl (C=O) groups is 2. The first-order valence-corrected chi connectivity index (χ1v) is 8.54. The molecule has 24 heavy (non-hydrogen) atoms. The summed E-state index contributed by atoms with van der Waals surface area (Å²) < 4.78 is 11.1. The summed E-state index contributed by atoms with van der Waals surface area (Å²) >= 11 is 0. The number of carbonyl (C=O) groups excluding carboxylic acids is 2. The highest BCUT2D eigenvalue weighted by Crippen LogP contribution is 2.19. The fraction of sp³-hybridized carbons (Fsp3) is 0.750. The summed E-state index contributed by atoms with van der Waals surface area (Å²) in [4.78, 5) is 25.7. The van der Waals surface area contributed by atoms with E-state index in [-0.39, 0.29) is 36.5 Å². The lowest BCUT2D eigenvalue weighted by Crippen LogP contribution is -2.51. The molecule has 132 valence electrons. The molecule has 3 rings (SSSR count). The first-order valence-electron chi connectivity index (χ1n) is 8.54. The summed E-state index contributed by atoms with van der Waals surface area (Å²) in [7, 11) is 0. The van der Waals surface area contributed by atoms with Crippen LogP contribution in [0.1, 0.15) is 50.8 Å². The number of nitrogens with zero attached hydrogens (tertiary/aromatic N) is 3. The summed E-state index contributed by atoms with van der Waals surface area (Å²) in [6.45, 7) is 5.37. The monoisotopic (exact) mass is 336 g/mol. The molecule has 8 heteroatoms. The van der Waals surface area contributed by atoms with Crippen LogP contribution in [0.25, 0.3) is 0 Å². The van der Waals surface area contributed by atoms with Crippen molar-refractivity contribution < 1.29 is 18.7 Å². The van der Waals surface area contributed by atoms with Crippen molar-refractivity contribution in [2.45, 2.75) is 57.6 Å². The van der Waals surface area contributed by atoms with Gasteiger partial charge in [-0.15, -0.1) is 10.2 Å². The van der Waals surface area contributed by atoms with E-state index in [1.807, 2.05) is 18.7 Å². The Kier molecular flexibility index (Phi) is 5.13. The molecule has 3 heterocycles. The molecule has 2 amide bonds. The third kappa shape index (κ3) is 3.92. The lowest BCUT2D eigenvalue weighted by molar-refractivity contribution is -0.137. The van der Waals surface area contributed by atoms with Crippen LogP contribution in [0.3, 0.4) is 0 Å². The second-order valence-electron chi connectivity index (χ2n) is 6.67. The van der Waals surface area contributed by atoms with Crippen molar-refractivity contribution in [1.29, 1.82) is 0 Å². The molecule has 0 bridgehead atoms. The van der Waals surface area contributed by atoms with Crippen LogP contribution < -0.4 is 5.32 Å². The number of morpholine rings is 1. The maximum Gasteiger partial charge on any atom is 0.246 e. The Morgan fingerprint density at radius 3 is 2.88 bits per heavy atom. The molecule has 0 aromatic carbocycles. The maximum atomic E-state index is 12.4. The zero-order valence-electron chi connectivity index (χ0n) is 14.2. The fourth-order valence-corrected chi connectivity index (χ4v) is 3.09. The second-order valence-corrected chi connectivity index (χ2v) is 6.67. The molecule has 2 atom stereocenters. The fourth-order valence-electron chi connectivity index (χ4n) is 3.09. The van der Waals surface area contributed by atoms with Crippen LogP contribution in [0.2, 0.25) is 0 Å². The number of likely N-dealkylation sites (tertiary alicyclic amines) is 1. The van der Waals surface area contributed by atoms with Crippen LogP contribution in [0.15, 0.2) is 4.42 Å². The average molecular weight is 336 g/mol. The average Bonchev–Trinajstić information content (AvgIpc) is 2.93. The molecule has 0 unspecified atom stereocenters. The molecule has 1 N–H and O–H groups in total. The quantitative estimate of drug-likeness (QED) is 0.866. The molecule has 8 nitrogen and oxygen atoms in total. The molecule has 2 aliphatic heterocycles. The van der Waals surface area contributed by atoms with Gasteiger partial charge in [0.1, 0.15) is 6.61 Å². The highest BCUT2D eigenvalue weighted by atomic mass is 16.5. The number of amides is 2. The van der Waals surface area contributed by atoms with E-state index < -0.39 is 0 Å². The molecule has 2 fully saturated rings. The minimum absolute atomic E-state index is 0.00467. The van der Waals surface area contributed by atoms with E-state index in [0.29, 0.717) is 37.7 Å². The molecule has 1 aromatic heterocycles. The van der Waals surface area contributed by atoms with Crippen LogP contribution in [0.4, 0.5) is 0 Å². The molecular formula is C16H24N4O4. The Morgan fingerprint density at radius 1 is 1.33 bits per heavy atom. The standard InChI is InChI=1S/C16H24N4O4/c1-10(2)16-19-18-14(24-16)3-4-15(22)20-7-5-11-12(6-8-20)23-9-13(21)17-11/h10-12H,3-9H2,1-2H3,(H,17,21)/t11-,12-/m0/s1. The SMILES string of the molecule is CC(C)c1nnc(CCC(=O)N2CC[C@@H]3NC(=O)CO[C@H]3CC2)o1. The first-order chi connectivity index (χ1) is 11.5. The number of aromatic nitrogens is 2. The van der Waals surface area contributed by atoms with E-state index >= 15 is 0 Å². The molecule has 0 spiro atoms. The Bertz CT molecular complexity index is 601. The zero-order chi connectivity index (χ0) is 17.1. The second kappa shape index (κ2) is 7.29. The normalized spacial score (nSPS) is 24.5. The van der Waals surface area contributed by atoms with E-state index in [2.05, 4.69) is 15.5 Å². The van der Waals surface area contributed by atoms with Crippen molar-refractivity contribution in [3.63, 3.8) is 0 Å². The number of aryl methyl sites for hydroxylation is 1. The Balaban J connectivity index is 1.50. The number of hydrogen-bond acceptors (Lipinski definition) is 6. The molecule has 2 aliphatic rings. The van der Waals surface area contributed by atoms with Gasteiger partial charge in [-0.2, -0.15) is 0 Å². The summed E-state index contributed by atoms with van der Waals surface area (Å²) in [5.74, 6) is 1.29. The highest BCUT2D eigenvalue weighted by Gasteiger charge is 2.33. The molecule has 2 saturated heterocycles. The predicted molar refractivity (Wildman–Crippen MR) is 84.2 cm³/mol. The molecule has 1 aromatic rings. The summed E-state index contributed by atoms with van der Waals surface area (Å²) in [6, 6.07) is 0.00795. The van der Waals surface area contributed by atoms with Crippen LogP contribution in [0, 0.1) is 0 Å². The molecule has 0 saturated carbocycles. The van der Waals surface area contributed by atoms with Gasteiger partial charge >= 0.3 is 0 Å². The lowest BCUT2D eigenvalue weighted by Gasteiger charge is -2.30. The van der Waals surface area contributed by atoms with Gasteiger partial charge in [0.05, 0.1) is 12.1 Å². The third-order valence-corrected chi connectivity index (χ3v) is 4.50. The van der Waals surface area contributed by atoms with E-state index in [4.69, 9.17) is 9.15 Å². The van der Waals surface area contributed by atoms with Gasteiger partial charge in [-0.3, -0.25) is 9.59 Å². The predicted octanol–water partition coefficient (Wildman–Crippen LogP) is 0.632. The van der Waals surface area contributed by atoms with E-state index in [1.54, 1.807) is 0 Å². The van der Waals surface area contributed by atoms with E-state index in [0.717, 1.165) is 12.8 Å². The molecular weight excluding hydrogens is 312 g/mol. The number of fused-ring (bicyclic) bond motifs is 1. The van der Waals surface area contributed by atoms with Gasteiger partial charge in [0.2, 0.25) is 23.6 Å². The van der Waals surface area contributed by atoms with Gasteiger partial charge in [-0.05, 0) is 12.8 Å². The van der Waals surface area contributed by atoms with Gasteiger partial charge in [0.15, 0.2) is 0 Å². The molecule has 0 aliphatic carbocycles. The van der Waals surface area contributed by atoms with Gasteiger partial charge in [0, 0.05) is 31.8 Å². The Morgan fingerprint density at radius 2 is 2.12 bits per heavy atom. The third-order valence-electron chi connectivity index (χ3n) is 4.50. The lowest BCUT2D eigenvalue weighted by atomic mass is 10.0. The zero-order valence-corrected chi connectivity index (χ0v) is 14.2. The highest BCUT2D eigenvalue weighted by molar-refractivity contribution is 5.78. The van der Waals surface area contributed by atoms with Crippen molar-refractivity contribution in [2.75, 3.05) is 19.7 Å². The number of rotatable bonds is 4. The van der Waals surface area contributed by atoms with Crippen LogP contribution >= 0.6 is 0 Å². The maximum absolute atomic E-state index is 12.4. The Hall–Kier alpha value is -1.96. The van der Waals surface area contributed by atoms with Gasteiger partial charge in [0.25, 0.3) is 0 Å². The Labute approximate surface area is 140 Å². The van der Waals surface area contributed by atoms with E-state index in [1.165, 1.54) is 0 Å². The van der Waals surface area contributed by atoms with Gasteiger partial charge in [-0.25, -0.2) is 0 Å². The largest absolute Gasteiger partial charge is 0.425 e. The van der Waals surface area contributed by atoms with Crippen molar-refractivity contribution in [1.82, 2.24) is 20.4 Å².